The molecule has 0 spiro atoms. The first kappa shape index (κ1) is 21.5. The molecule has 3 aromatic rings. The fourth-order valence-electron chi connectivity index (χ4n) is 2.70. The molecule has 0 fully saturated rings. The van der Waals surface area contributed by atoms with Crippen molar-refractivity contribution in [1.29, 1.82) is 0 Å². The quantitative estimate of drug-likeness (QED) is 0.609. The second-order valence-electron chi connectivity index (χ2n) is 7.85. The number of para-hydroxylation sites is 1. The average molecular weight is 429 g/mol. The minimum atomic E-state index is -0.652. The van der Waals surface area contributed by atoms with E-state index in [0.717, 1.165) is 22.7 Å². The second-order valence-corrected chi connectivity index (χ2v) is 8.67. The Kier molecular flexibility index (Phi) is 6.21. The molecule has 2 heterocycles. The number of carbonyl (C=O) groups excluding carboxylic acids is 2. The van der Waals surface area contributed by atoms with E-state index in [4.69, 9.17) is 4.74 Å². The molecule has 0 unspecified atom stereocenters. The van der Waals surface area contributed by atoms with Crippen molar-refractivity contribution in [3.63, 3.8) is 0 Å². The summed E-state index contributed by atoms with van der Waals surface area (Å²) < 4.78 is 8.00. The van der Waals surface area contributed by atoms with E-state index >= 15 is 0 Å². The van der Waals surface area contributed by atoms with E-state index in [9.17, 15) is 14.4 Å². The van der Waals surface area contributed by atoms with Gasteiger partial charge in [0, 0.05) is 22.6 Å². The van der Waals surface area contributed by atoms with Gasteiger partial charge in [0.2, 0.25) is 0 Å². The minimum Gasteiger partial charge on any atom is -0.454 e. The molecule has 1 amide bonds. The van der Waals surface area contributed by atoms with Crippen LogP contribution in [0.5, 0.6) is 0 Å². The van der Waals surface area contributed by atoms with Crippen LogP contribution in [0, 0.1) is 6.92 Å². The third kappa shape index (κ3) is 5.04. The summed E-state index contributed by atoms with van der Waals surface area (Å²) >= 11 is 1.01. The predicted molar refractivity (Wildman–Crippen MR) is 115 cm³/mol. The van der Waals surface area contributed by atoms with E-state index in [2.05, 4.69) is 10.4 Å². The molecule has 0 saturated carbocycles. The molecule has 9 heteroatoms. The summed E-state index contributed by atoms with van der Waals surface area (Å²) in [5.41, 5.74) is 2.07. The molecule has 8 nitrogen and oxygen atoms in total. The topological polar surface area (TPSA) is 95.2 Å². The van der Waals surface area contributed by atoms with Gasteiger partial charge in [-0.3, -0.25) is 19.0 Å². The number of rotatable bonds is 6. The number of aromatic nitrogens is 3. The highest BCUT2D eigenvalue weighted by atomic mass is 32.1. The van der Waals surface area contributed by atoms with Crippen LogP contribution < -0.4 is 10.2 Å². The molecule has 1 aromatic carbocycles. The molecule has 0 saturated heterocycles. The normalized spacial score (nSPS) is 11.3. The summed E-state index contributed by atoms with van der Waals surface area (Å²) in [6, 6.07) is 11.2. The Labute approximate surface area is 178 Å². The van der Waals surface area contributed by atoms with E-state index in [-0.39, 0.29) is 16.8 Å². The van der Waals surface area contributed by atoms with Gasteiger partial charge in [0.15, 0.2) is 6.61 Å². The zero-order valence-corrected chi connectivity index (χ0v) is 18.2. The molecule has 0 atom stereocenters. The van der Waals surface area contributed by atoms with Crippen molar-refractivity contribution in [1.82, 2.24) is 14.3 Å². The zero-order chi connectivity index (χ0) is 21.9. The van der Waals surface area contributed by atoms with Crippen LogP contribution in [0.2, 0.25) is 0 Å². The van der Waals surface area contributed by atoms with Crippen LogP contribution in [-0.4, -0.2) is 32.8 Å². The first-order valence-corrected chi connectivity index (χ1v) is 10.3. The lowest BCUT2D eigenvalue weighted by molar-refractivity contribution is -0.147. The number of ether oxygens (including phenoxy) is 1. The van der Waals surface area contributed by atoms with Crippen molar-refractivity contribution >= 4 is 29.0 Å². The van der Waals surface area contributed by atoms with Crippen molar-refractivity contribution in [2.45, 2.75) is 39.7 Å². The van der Waals surface area contributed by atoms with Crippen molar-refractivity contribution in [3.8, 4) is 5.69 Å². The van der Waals surface area contributed by atoms with E-state index in [1.165, 1.54) is 4.57 Å². The lowest BCUT2D eigenvalue weighted by Gasteiger charge is -2.14. The molecule has 3 rings (SSSR count). The molecule has 0 bridgehead atoms. The number of thiazole rings is 1. The van der Waals surface area contributed by atoms with E-state index in [0.29, 0.717) is 11.5 Å². The number of hydrogen-bond donors (Lipinski definition) is 1. The number of anilines is 1. The first-order valence-electron chi connectivity index (χ1n) is 9.41. The highest BCUT2D eigenvalue weighted by Gasteiger charge is 2.22. The Hall–Kier alpha value is -3.20. The lowest BCUT2D eigenvalue weighted by Crippen LogP contribution is -2.26. The molecule has 2 aromatic heterocycles. The molecule has 1 N–H and O–H groups in total. The number of nitrogens with zero attached hydrogens (tertiary/aromatic N) is 3. The predicted octanol–water partition coefficient (Wildman–Crippen LogP) is 2.88. The number of esters is 1. The molecule has 0 aliphatic rings. The Bertz CT molecular complexity index is 1110. The van der Waals surface area contributed by atoms with Crippen LogP contribution in [0.3, 0.4) is 0 Å². The largest absolute Gasteiger partial charge is 0.454 e. The van der Waals surface area contributed by atoms with Crippen LogP contribution in [0.4, 0.5) is 5.82 Å². The Morgan fingerprint density at radius 2 is 1.90 bits per heavy atom. The SMILES string of the molecule is Cc1csc(=O)n1CC(=O)OCC(=O)Nc1cc(C(C)(C)C)nn1-c1ccccc1. The van der Waals surface area contributed by atoms with Gasteiger partial charge < -0.3 is 10.1 Å². The number of nitrogens with one attached hydrogen (secondary N) is 1. The summed E-state index contributed by atoms with van der Waals surface area (Å²) in [7, 11) is 0. The molecular formula is C21H24N4O4S. The molecule has 0 radical (unpaired) electrons. The maximum atomic E-state index is 12.4. The van der Waals surface area contributed by atoms with E-state index in [1.54, 1.807) is 23.1 Å². The van der Waals surface area contributed by atoms with Gasteiger partial charge in [0.25, 0.3) is 5.91 Å². The number of hydrogen-bond acceptors (Lipinski definition) is 6. The smallest absolute Gasteiger partial charge is 0.326 e. The summed E-state index contributed by atoms with van der Waals surface area (Å²) in [6.45, 7) is 7.15. The van der Waals surface area contributed by atoms with Crippen LogP contribution in [0.25, 0.3) is 5.69 Å². The van der Waals surface area contributed by atoms with E-state index < -0.39 is 18.5 Å². The zero-order valence-electron chi connectivity index (χ0n) is 17.3. The first-order chi connectivity index (χ1) is 14.1. The fourth-order valence-corrected chi connectivity index (χ4v) is 3.43. The van der Waals surface area contributed by atoms with Gasteiger partial charge in [0.1, 0.15) is 12.4 Å². The molecule has 0 aliphatic carbocycles. The Morgan fingerprint density at radius 3 is 2.50 bits per heavy atom. The maximum absolute atomic E-state index is 12.4. The van der Waals surface area contributed by atoms with Gasteiger partial charge in [-0.05, 0) is 19.1 Å². The number of benzene rings is 1. The number of aryl methyl sites for hydroxylation is 1. The molecule has 0 aliphatic heterocycles. The lowest BCUT2D eigenvalue weighted by atomic mass is 9.92. The van der Waals surface area contributed by atoms with Gasteiger partial charge in [0.05, 0.1) is 11.4 Å². The van der Waals surface area contributed by atoms with Gasteiger partial charge in [-0.25, -0.2) is 4.68 Å². The second kappa shape index (κ2) is 8.66. The third-order valence-corrected chi connectivity index (χ3v) is 5.25. The van der Waals surface area contributed by atoms with Gasteiger partial charge >= 0.3 is 10.8 Å². The monoisotopic (exact) mass is 428 g/mol. The van der Waals surface area contributed by atoms with Crippen LogP contribution >= 0.6 is 11.3 Å². The van der Waals surface area contributed by atoms with E-state index in [1.807, 2.05) is 51.1 Å². The van der Waals surface area contributed by atoms with Crippen molar-refractivity contribution < 1.29 is 14.3 Å². The Balaban J connectivity index is 1.69. The highest BCUT2D eigenvalue weighted by Crippen LogP contribution is 2.26. The van der Waals surface area contributed by atoms with Crippen molar-refractivity contribution in [3.05, 3.63) is 62.8 Å². The third-order valence-electron chi connectivity index (χ3n) is 4.37. The average Bonchev–Trinajstić information content (AvgIpc) is 3.26. The maximum Gasteiger partial charge on any atom is 0.326 e. The van der Waals surface area contributed by atoms with Crippen LogP contribution in [0.1, 0.15) is 32.2 Å². The number of amides is 1. The van der Waals surface area contributed by atoms with Gasteiger partial charge in [-0.1, -0.05) is 50.3 Å². The van der Waals surface area contributed by atoms with Crippen LogP contribution in [0.15, 0.2) is 46.6 Å². The minimum absolute atomic E-state index is 0.211. The van der Waals surface area contributed by atoms with Crippen LogP contribution in [-0.2, 0) is 26.3 Å². The Morgan fingerprint density at radius 1 is 1.20 bits per heavy atom. The fraction of sp³-hybridized carbons (Fsp3) is 0.333. The number of carbonyl (C=O) groups is 2. The van der Waals surface area contributed by atoms with Gasteiger partial charge in [-0.15, -0.1) is 0 Å². The standard InChI is InChI=1S/C21H24N4O4S/c1-14-13-30-20(28)24(14)11-19(27)29-12-18(26)22-17-10-16(21(2,3)4)23-25(17)15-8-6-5-7-9-15/h5-10,13H,11-12H2,1-4H3,(H,22,26). The molecule has 30 heavy (non-hydrogen) atoms. The summed E-state index contributed by atoms with van der Waals surface area (Å²) in [5, 5.41) is 9.05. The summed E-state index contributed by atoms with van der Waals surface area (Å²) in [6.07, 6.45) is 0. The molecule has 158 valence electrons. The highest BCUT2D eigenvalue weighted by molar-refractivity contribution is 7.07. The molecular weight excluding hydrogens is 404 g/mol. The van der Waals surface area contributed by atoms with Crippen molar-refractivity contribution in [2.75, 3.05) is 11.9 Å². The van der Waals surface area contributed by atoms with Gasteiger partial charge in [-0.2, -0.15) is 5.10 Å². The summed E-state index contributed by atoms with van der Waals surface area (Å²) in [4.78, 5) is 35.9. The summed E-state index contributed by atoms with van der Waals surface area (Å²) in [5.74, 6) is -0.659. The van der Waals surface area contributed by atoms with Crippen molar-refractivity contribution in [2.24, 2.45) is 0 Å².